The Hall–Kier alpha value is -1.03. The molecular formula is C17H28N4. The average molecular weight is 288 g/mol. The van der Waals surface area contributed by atoms with E-state index in [1.165, 1.54) is 68.6 Å². The summed E-state index contributed by atoms with van der Waals surface area (Å²) < 4.78 is 2.14. The van der Waals surface area contributed by atoms with E-state index in [9.17, 15) is 0 Å². The smallest absolute Gasteiger partial charge is 0.131 e. The molecule has 2 saturated carbocycles. The third kappa shape index (κ3) is 2.48. The third-order valence-electron chi connectivity index (χ3n) is 5.74. The van der Waals surface area contributed by atoms with Crippen LogP contribution in [0.4, 0.5) is 5.82 Å². The molecule has 3 aliphatic rings. The Bertz CT molecular complexity index is 517. The van der Waals surface area contributed by atoms with E-state index in [1.807, 2.05) is 0 Å². The first kappa shape index (κ1) is 13.6. The third-order valence-corrected chi connectivity index (χ3v) is 5.74. The van der Waals surface area contributed by atoms with Gasteiger partial charge in [-0.1, -0.05) is 12.8 Å². The first-order chi connectivity index (χ1) is 10.2. The zero-order chi connectivity index (χ0) is 14.4. The van der Waals surface area contributed by atoms with Crippen LogP contribution in [0.5, 0.6) is 0 Å². The van der Waals surface area contributed by atoms with E-state index in [0.29, 0.717) is 0 Å². The highest BCUT2D eigenvalue weighted by atomic mass is 15.4. The van der Waals surface area contributed by atoms with Gasteiger partial charge in [-0.25, -0.2) is 0 Å². The minimum Gasteiger partial charge on any atom is -0.353 e. The zero-order valence-corrected chi connectivity index (χ0v) is 13.4. The van der Waals surface area contributed by atoms with Gasteiger partial charge >= 0.3 is 0 Å². The predicted octanol–water partition coefficient (Wildman–Crippen LogP) is 2.75. The van der Waals surface area contributed by atoms with Crippen LogP contribution < -0.4 is 10.2 Å². The Morgan fingerprint density at radius 3 is 2.76 bits per heavy atom. The molecule has 1 aromatic heterocycles. The van der Waals surface area contributed by atoms with Gasteiger partial charge in [-0.15, -0.1) is 0 Å². The van der Waals surface area contributed by atoms with Gasteiger partial charge in [-0.3, -0.25) is 4.68 Å². The van der Waals surface area contributed by atoms with Crippen LogP contribution in [0.15, 0.2) is 0 Å². The van der Waals surface area contributed by atoms with Crippen molar-refractivity contribution in [3.05, 3.63) is 11.3 Å². The molecule has 1 N–H and O–H groups in total. The van der Waals surface area contributed by atoms with Gasteiger partial charge < -0.3 is 10.2 Å². The molecule has 4 rings (SSSR count). The van der Waals surface area contributed by atoms with Crippen LogP contribution in [-0.2, 0) is 13.6 Å². The van der Waals surface area contributed by atoms with Crippen LogP contribution in [0.2, 0.25) is 0 Å². The second-order valence-corrected chi connectivity index (χ2v) is 7.26. The van der Waals surface area contributed by atoms with Gasteiger partial charge in [0, 0.05) is 37.8 Å². The van der Waals surface area contributed by atoms with Gasteiger partial charge in [0.25, 0.3) is 0 Å². The summed E-state index contributed by atoms with van der Waals surface area (Å²) in [7, 11) is 2.12. The maximum Gasteiger partial charge on any atom is 0.131 e. The molecule has 0 aromatic carbocycles. The lowest BCUT2D eigenvalue weighted by Gasteiger charge is -2.33. The summed E-state index contributed by atoms with van der Waals surface area (Å²) in [6.07, 6.45) is 9.74. The van der Waals surface area contributed by atoms with E-state index >= 15 is 0 Å². The monoisotopic (exact) mass is 288 g/mol. The highest BCUT2D eigenvalue weighted by Crippen LogP contribution is 2.40. The quantitative estimate of drug-likeness (QED) is 0.925. The molecule has 2 unspecified atom stereocenters. The molecule has 0 spiro atoms. The number of fused-ring (bicyclic) bond motifs is 1. The molecule has 0 bridgehead atoms. The van der Waals surface area contributed by atoms with Crippen LogP contribution in [0.1, 0.15) is 56.2 Å². The van der Waals surface area contributed by atoms with E-state index in [2.05, 4.69) is 28.9 Å². The Kier molecular flexibility index (Phi) is 3.44. The summed E-state index contributed by atoms with van der Waals surface area (Å²) in [6.45, 7) is 4.39. The minimum absolute atomic E-state index is 0.762. The minimum atomic E-state index is 0.762. The van der Waals surface area contributed by atoms with Crippen LogP contribution in [0.3, 0.4) is 0 Å². The van der Waals surface area contributed by atoms with E-state index in [4.69, 9.17) is 5.10 Å². The Labute approximate surface area is 127 Å². The number of anilines is 1. The molecule has 4 heteroatoms. The summed E-state index contributed by atoms with van der Waals surface area (Å²) in [5.74, 6) is 2.33. The largest absolute Gasteiger partial charge is 0.353 e. The lowest BCUT2D eigenvalue weighted by Crippen LogP contribution is -2.36. The van der Waals surface area contributed by atoms with Crippen molar-refractivity contribution in [3.8, 4) is 0 Å². The van der Waals surface area contributed by atoms with E-state index in [-0.39, 0.29) is 0 Å². The molecule has 116 valence electrons. The van der Waals surface area contributed by atoms with Crippen molar-refractivity contribution >= 4 is 5.82 Å². The first-order valence-corrected chi connectivity index (χ1v) is 8.76. The summed E-state index contributed by atoms with van der Waals surface area (Å²) >= 11 is 0. The number of nitrogens with zero attached hydrogens (tertiary/aromatic N) is 3. The van der Waals surface area contributed by atoms with Gasteiger partial charge in [0.2, 0.25) is 0 Å². The maximum atomic E-state index is 4.73. The van der Waals surface area contributed by atoms with Crippen LogP contribution in [0, 0.1) is 12.8 Å². The Morgan fingerprint density at radius 1 is 1.14 bits per heavy atom. The number of nitrogens with one attached hydrogen (secondary N) is 1. The topological polar surface area (TPSA) is 33.1 Å². The van der Waals surface area contributed by atoms with Crippen molar-refractivity contribution in [1.29, 1.82) is 0 Å². The molecule has 4 nitrogen and oxygen atoms in total. The summed E-state index contributed by atoms with van der Waals surface area (Å²) in [6, 6.07) is 1.53. The van der Waals surface area contributed by atoms with Crippen LogP contribution in [-0.4, -0.2) is 28.4 Å². The molecule has 2 aliphatic carbocycles. The second-order valence-electron chi connectivity index (χ2n) is 7.26. The predicted molar refractivity (Wildman–Crippen MR) is 85.5 cm³/mol. The van der Waals surface area contributed by atoms with Crippen LogP contribution >= 0.6 is 0 Å². The van der Waals surface area contributed by atoms with Crippen molar-refractivity contribution < 1.29 is 0 Å². The van der Waals surface area contributed by atoms with Crippen molar-refractivity contribution in [3.63, 3.8) is 0 Å². The summed E-state index contributed by atoms with van der Waals surface area (Å²) in [5.41, 5.74) is 2.65. The van der Waals surface area contributed by atoms with E-state index in [1.54, 1.807) is 0 Å². The molecule has 2 heterocycles. The van der Waals surface area contributed by atoms with Crippen molar-refractivity contribution in [2.45, 2.75) is 70.5 Å². The molecule has 1 aromatic rings. The molecular weight excluding hydrogens is 260 g/mol. The fourth-order valence-corrected chi connectivity index (χ4v) is 4.46. The number of aryl methyl sites for hydroxylation is 2. The number of hydrogen-bond donors (Lipinski definition) is 1. The highest BCUT2D eigenvalue weighted by molar-refractivity contribution is 5.52. The molecule has 21 heavy (non-hydrogen) atoms. The van der Waals surface area contributed by atoms with Gasteiger partial charge in [-0.05, 0) is 44.9 Å². The number of hydrogen-bond acceptors (Lipinski definition) is 3. The van der Waals surface area contributed by atoms with Gasteiger partial charge in [-0.2, -0.15) is 5.10 Å². The summed E-state index contributed by atoms with van der Waals surface area (Å²) in [5, 5.41) is 8.41. The molecule has 3 fully saturated rings. The van der Waals surface area contributed by atoms with Gasteiger partial charge in [0.15, 0.2) is 0 Å². The normalized spacial score (nSPS) is 29.0. The second kappa shape index (κ2) is 5.31. The fourth-order valence-electron chi connectivity index (χ4n) is 4.46. The molecule has 0 radical (unpaired) electrons. The lowest BCUT2D eigenvalue weighted by atomic mass is 9.85. The van der Waals surface area contributed by atoms with Gasteiger partial charge in [0.1, 0.15) is 5.82 Å². The van der Waals surface area contributed by atoms with E-state index < -0.39 is 0 Å². The Morgan fingerprint density at radius 2 is 1.95 bits per heavy atom. The molecule has 1 aliphatic heterocycles. The van der Waals surface area contributed by atoms with Crippen LogP contribution in [0.25, 0.3) is 0 Å². The molecule has 2 atom stereocenters. The first-order valence-electron chi connectivity index (χ1n) is 8.76. The maximum absolute atomic E-state index is 4.73. The summed E-state index contributed by atoms with van der Waals surface area (Å²) in [4.78, 5) is 2.69. The zero-order valence-electron chi connectivity index (χ0n) is 13.4. The Balaban J connectivity index is 1.60. The average Bonchev–Trinajstić information content (AvgIpc) is 3.15. The van der Waals surface area contributed by atoms with Crippen molar-refractivity contribution in [2.24, 2.45) is 13.0 Å². The highest BCUT2D eigenvalue weighted by Gasteiger charge is 2.38. The van der Waals surface area contributed by atoms with E-state index in [0.717, 1.165) is 24.5 Å². The van der Waals surface area contributed by atoms with Crippen molar-refractivity contribution in [2.75, 3.05) is 11.4 Å². The van der Waals surface area contributed by atoms with Crippen molar-refractivity contribution in [1.82, 2.24) is 15.1 Å². The lowest BCUT2D eigenvalue weighted by molar-refractivity contribution is 0.340. The molecule has 0 amide bonds. The molecule has 1 saturated heterocycles. The number of aromatic nitrogens is 2. The fraction of sp³-hybridized carbons (Fsp3) is 0.824. The SMILES string of the molecule is Cc1nn(C)c(N2CCC3CCCCC32)c1CNC1CC1. The standard InChI is InChI=1S/C17H28N4/c1-12-15(11-18-14-7-8-14)17(20(2)19-12)21-10-9-13-5-3-4-6-16(13)21/h13-14,16,18H,3-11H2,1-2H3. The van der Waals surface area contributed by atoms with Gasteiger partial charge in [0.05, 0.1) is 5.69 Å². The number of rotatable bonds is 4.